The SMILES string of the molecule is CCN1C(=O)C(=O)N(CC(=O)c2cc(C)n(C[C@H]3CCCO3)c2C)C1=O. The van der Waals surface area contributed by atoms with Gasteiger partial charge in [0.05, 0.1) is 12.6 Å². The molecule has 2 saturated heterocycles. The van der Waals surface area contributed by atoms with Crippen molar-refractivity contribution in [2.45, 2.75) is 46.3 Å². The van der Waals surface area contributed by atoms with E-state index in [1.165, 1.54) is 0 Å². The molecule has 4 amide bonds. The second-order valence-electron chi connectivity index (χ2n) is 6.68. The predicted octanol–water partition coefficient (Wildman–Crippen LogP) is 1.28. The van der Waals surface area contributed by atoms with E-state index >= 15 is 0 Å². The van der Waals surface area contributed by atoms with Gasteiger partial charge >= 0.3 is 17.8 Å². The molecule has 1 atom stereocenters. The van der Waals surface area contributed by atoms with Crippen LogP contribution in [0.25, 0.3) is 0 Å². The minimum Gasteiger partial charge on any atom is -0.376 e. The van der Waals surface area contributed by atoms with Crippen LogP contribution in [0.15, 0.2) is 6.07 Å². The summed E-state index contributed by atoms with van der Waals surface area (Å²) >= 11 is 0. The van der Waals surface area contributed by atoms with Crippen molar-refractivity contribution in [2.75, 3.05) is 19.7 Å². The number of ether oxygens (including phenoxy) is 1. The van der Waals surface area contributed by atoms with Crippen LogP contribution in [0.1, 0.15) is 41.5 Å². The van der Waals surface area contributed by atoms with Crippen molar-refractivity contribution in [3.05, 3.63) is 23.0 Å². The Morgan fingerprint density at radius 3 is 2.46 bits per heavy atom. The lowest BCUT2D eigenvalue weighted by Crippen LogP contribution is -2.37. The van der Waals surface area contributed by atoms with Crippen LogP contribution < -0.4 is 0 Å². The Morgan fingerprint density at radius 1 is 1.19 bits per heavy atom. The maximum absolute atomic E-state index is 12.7. The van der Waals surface area contributed by atoms with Gasteiger partial charge in [-0.25, -0.2) is 9.69 Å². The first-order chi connectivity index (χ1) is 12.3. The second-order valence-corrected chi connectivity index (χ2v) is 6.68. The van der Waals surface area contributed by atoms with Crippen LogP contribution >= 0.6 is 0 Å². The number of carbonyl (C=O) groups is 4. The Labute approximate surface area is 151 Å². The summed E-state index contributed by atoms with van der Waals surface area (Å²) < 4.78 is 7.69. The zero-order valence-corrected chi connectivity index (χ0v) is 15.3. The number of hydrogen-bond donors (Lipinski definition) is 0. The van der Waals surface area contributed by atoms with Gasteiger partial charge in [-0.15, -0.1) is 0 Å². The number of carbonyl (C=O) groups excluding carboxylic acids is 4. The van der Waals surface area contributed by atoms with E-state index in [9.17, 15) is 19.2 Å². The Hall–Kier alpha value is -2.48. The minimum absolute atomic E-state index is 0.101. The standard InChI is InChI=1S/C18H23N3O5/c1-4-19-16(23)17(24)21(18(19)25)10-15(22)14-8-11(2)20(12(14)3)9-13-6-5-7-26-13/h8,13H,4-7,9-10H2,1-3H3/t13-/m1/s1. The molecule has 0 saturated carbocycles. The van der Waals surface area contributed by atoms with Crippen molar-refractivity contribution in [3.8, 4) is 0 Å². The summed E-state index contributed by atoms with van der Waals surface area (Å²) in [6.07, 6.45) is 2.17. The third kappa shape index (κ3) is 3.05. The van der Waals surface area contributed by atoms with Crippen LogP contribution in [-0.2, 0) is 20.9 Å². The van der Waals surface area contributed by atoms with Crippen molar-refractivity contribution in [1.82, 2.24) is 14.4 Å². The topological polar surface area (TPSA) is 88.9 Å². The summed E-state index contributed by atoms with van der Waals surface area (Å²) in [4.78, 5) is 50.2. The third-order valence-corrected chi connectivity index (χ3v) is 5.04. The molecular weight excluding hydrogens is 338 g/mol. The number of likely N-dealkylation sites (N-methyl/N-ethyl adjacent to an activating group) is 1. The van der Waals surface area contributed by atoms with E-state index in [0.717, 1.165) is 40.6 Å². The maximum atomic E-state index is 12.7. The number of aryl methyl sites for hydroxylation is 1. The van der Waals surface area contributed by atoms with Crippen molar-refractivity contribution >= 4 is 23.6 Å². The molecule has 1 aromatic heterocycles. The molecular formula is C18H23N3O5. The van der Waals surface area contributed by atoms with Gasteiger partial charge in [0.1, 0.15) is 0 Å². The fourth-order valence-electron chi connectivity index (χ4n) is 3.55. The summed E-state index contributed by atoms with van der Waals surface area (Å²) in [6, 6.07) is 1.03. The van der Waals surface area contributed by atoms with E-state index in [2.05, 4.69) is 0 Å². The van der Waals surface area contributed by atoms with Gasteiger partial charge in [0.2, 0.25) is 0 Å². The smallest absolute Gasteiger partial charge is 0.334 e. The number of imide groups is 2. The normalized spacial score (nSPS) is 20.6. The molecule has 0 N–H and O–H groups in total. The van der Waals surface area contributed by atoms with Gasteiger partial charge in [-0.05, 0) is 39.7 Å². The fraction of sp³-hybridized carbons (Fsp3) is 0.556. The summed E-state index contributed by atoms with van der Waals surface area (Å²) in [6.45, 7) is 6.46. The van der Waals surface area contributed by atoms with E-state index < -0.39 is 24.4 Å². The van der Waals surface area contributed by atoms with E-state index in [0.29, 0.717) is 12.1 Å². The molecule has 140 valence electrons. The Kier molecular flexibility index (Phi) is 4.95. The first-order valence-corrected chi connectivity index (χ1v) is 8.84. The molecule has 0 aliphatic carbocycles. The van der Waals surface area contributed by atoms with Crippen LogP contribution in [0, 0.1) is 13.8 Å². The molecule has 0 aromatic carbocycles. The second kappa shape index (κ2) is 7.03. The van der Waals surface area contributed by atoms with E-state index in [4.69, 9.17) is 4.74 Å². The Bertz CT molecular complexity index is 776. The van der Waals surface area contributed by atoms with Gasteiger partial charge in [0, 0.05) is 36.6 Å². The van der Waals surface area contributed by atoms with Crippen LogP contribution in [0.4, 0.5) is 4.79 Å². The van der Waals surface area contributed by atoms with Crippen LogP contribution in [-0.4, -0.2) is 63.8 Å². The number of Topliss-reactive ketones (excluding diaryl/α,β-unsaturated/α-hetero) is 1. The highest BCUT2D eigenvalue weighted by atomic mass is 16.5. The molecule has 2 fully saturated rings. The summed E-state index contributed by atoms with van der Waals surface area (Å²) in [5.74, 6) is -2.18. The van der Waals surface area contributed by atoms with Crippen molar-refractivity contribution in [1.29, 1.82) is 0 Å². The van der Waals surface area contributed by atoms with Gasteiger partial charge in [-0.1, -0.05) is 0 Å². The van der Waals surface area contributed by atoms with Crippen molar-refractivity contribution in [2.24, 2.45) is 0 Å². The van der Waals surface area contributed by atoms with Crippen LogP contribution in [0.3, 0.4) is 0 Å². The highest BCUT2D eigenvalue weighted by Crippen LogP contribution is 2.21. The molecule has 0 bridgehead atoms. The quantitative estimate of drug-likeness (QED) is 0.433. The number of urea groups is 1. The zero-order valence-electron chi connectivity index (χ0n) is 15.3. The lowest BCUT2D eigenvalue weighted by molar-refractivity contribution is -0.143. The largest absolute Gasteiger partial charge is 0.376 e. The Morgan fingerprint density at radius 2 is 1.88 bits per heavy atom. The monoisotopic (exact) mass is 361 g/mol. The highest BCUT2D eigenvalue weighted by molar-refractivity contribution is 6.45. The minimum atomic E-state index is -0.946. The molecule has 0 radical (unpaired) electrons. The van der Waals surface area contributed by atoms with Crippen molar-refractivity contribution < 1.29 is 23.9 Å². The number of hydrogen-bond acceptors (Lipinski definition) is 5. The van der Waals surface area contributed by atoms with Gasteiger partial charge in [-0.2, -0.15) is 0 Å². The van der Waals surface area contributed by atoms with Gasteiger partial charge in [-0.3, -0.25) is 19.3 Å². The molecule has 2 aliphatic heterocycles. The number of nitrogens with zero attached hydrogens (tertiary/aromatic N) is 3. The number of ketones is 1. The molecule has 3 rings (SSSR count). The molecule has 26 heavy (non-hydrogen) atoms. The van der Waals surface area contributed by atoms with E-state index in [-0.39, 0.29) is 18.4 Å². The fourth-order valence-corrected chi connectivity index (χ4v) is 3.55. The third-order valence-electron chi connectivity index (χ3n) is 5.04. The van der Waals surface area contributed by atoms with E-state index in [1.807, 2.05) is 18.4 Å². The summed E-state index contributed by atoms with van der Waals surface area (Å²) in [7, 11) is 0. The lowest BCUT2D eigenvalue weighted by atomic mass is 10.1. The average Bonchev–Trinajstić information content (AvgIpc) is 3.27. The summed E-state index contributed by atoms with van der Waals surface area (Å²) in [5, 5.41) is 0. The molecule has 8 heteroatoms. The lowest BCUT2D eigenvalue weighted by Gasteiger charge is -2.15. The highest BCUT2D eigenvalue weighted by Gasteiger charge is 2.44. The first kappa shape index (κ1) is 18.3. The molecule has 0 spiro atoms. The molecule has 1 aromatic rings. The van der Waals surface area contributed by atoms with Crippen molar-refractivity contribution in [3.63, 3.8) is 0 Å². The molecule has 2 aliphatic rings. The maximum Gasteiger partial charge on any atom is 0.334 e. The predicted molar refractivity (Wildman–Crippen MR) is 91.7 cm³/mol. The Balaban J connectivity index is 1.77. The number of aromatic nitrogens is 1. The summed E-state index contributed by atoms with van der Waals surface area (Å²) in [5.41, 5.74) is 2.16. The van der Waals surface area contributed by atoms with Gasteiger partial charge in [0.25, 0.3) is 0 Å². The first-order valence-electron chi connectivity index (χ1n) is 8.84. The van der Waals surface area contributed by atoms with E-state index in [1.54, 1.807) is 13.0 Å². The van der Waals surface area contributed by atoms with Gasteiger partial charge in [0.15, 0.2) is 5.78 Å². The number of rotatable bonds is 6. The van der Waals surface area contributed by atoms with Crippen LogP contribution in [0.2, 0.25) is 0 Å². The zero-order chi connectivity index (χ0) is 19.0. The molecule has 8 nitrogen and oxygen atoms in total. The average molecular weight is 361 g/mol. The van der Waals surface area contributed by atoms with Crippen LogP contribution in [0.5, 0.6) is 0 Å². The molecule has 0 unspecified atom stereocenters. The van der Waals surface area contributed by atoms with Gasteiger partial charge < -0.3 is 9.30 Å². The number of amides is 4. The molecule has 3 heterocycles.